The van der Waals surface area contributed by atoms with Crippen molar-refractivity contribution in [3.05, 3.63) is 48.5 Å². The molecule has 0 saturated heterocycles. The lowest BCUT2D eigenvalue weighted by Crippen LogP contribution is -2.22. The van der Waals surface area contributed by atoms with E-state index in [4.69, 9.17) is 4.74 Å². The number of nitrogens with one attached hydrogen (secondary N) is 1. The van der Waals surface area contributed by atoms with E-state index in [1.165, 1.54) is 20.5 Å². The van der Waals surface area contributed by atoms with E-state index in [0.717, 1.165) is 36.2 Å². The summed E-state index contributed by atoms with van der Waals surface area (Å²) in [6.45, 7) is 3.90. The Morgan fingerprint density at radius 3 is 2.95 bits per heavy atom. The molecule has 2 heterocycles. The van der Waals surface area contributed by atoms with Crippen LogP contribution in [-0.2, 0) is 12.8 Å². The second kappa shape index (κ2) is 6.82. The van der Waals surface area contributed by atoms with Gasteiger partial charge < -0.3 is 10.1 Å². The smallest absolute Gasteiger partial charge is 0.125 e. The number of thiophene rings is 1. The van der Waals surface area contributed by atoms with Crippen LogP contribution in [-0.4, -0.2) is 13.2 Å². The van der Waals surface area contributed by atoms with E-state index in [-0.39, 0.29) is 0 Å². The molecule has 0 amide bonds. The molecule has 0 radical (unpaired) electrons. The Morgan fingerprint density at radius 1 is 1.38 bits per heavy atom. The Hall–Kier alpha value is -0.360. The molecular weight excluding hydrogens is 414 g/mol. The van der Waals surface area contributed by atoms with Crippen molar-refractivity contribution in [1.29, 1.82) is 0 Å². The van der Waals surface area contributed by atoms with Gasteiger partial charge in [0.25, 0.3) is 0 Å². The predicted octanol–water partition coefficient (Wildman–Crippen LogP) is 5.10. The van der Waals surface area contributed by atoms with Gasteiger partial charge in [-0.25, -0.2) is 0 Å². The number of hydrogen-bond donors (Lipinski definition) is 1. The van der Waals surface area contributed by atoms with E-state index in [9.17, 15) is 0 Å². The molecule has 2 aromatic rings. The summed E-state index contributed by atoms with van der Waals surface area (Å²) in [5.41, 5.74) is 2.60. The molecule has 2 nitrogen and oxygen atoms in total. The van der Waals surface area contributed by atoms with Gasteiger partial charge in [-0.15, -0.1) is 11.3 Å². The molecular formula is C16H17Br2NOS. The van der Waals surface area contributed by atoms with Crippen molar-refractivity contribution in [1.82, 2.24) is 5.32 Å². The minimum absolute atomic E-state index is 0.312. The zero-order valence-corrected chi connectivity index (χ0v) is 15.8. The molecule has 0 saturated carbocycles. The Balaban J connectivity index is 1.92. The van der Waals surface area contributed by atoms with Crippen LogP contribution < -0.4 is 10.1 Å². The second-order valence-electron chi connectivity index (χ2n) is 5.10. The highest BCUT2D eigenvalue weighted by molar-refractivity contribution is 9.10. The fraction of sp³-hybridized carbons (Fsp3) is 0.375. The van der Waals surface area contributed by atoms with Crippen molar-refractivity contribution in [2.45, 2.75) is 25.8 Å². The normalized spacial score (nSPS) is 14.8. The van der Waals surface area contributed by atoms with E-state index < -0.39 is 0 Å². The number of fused-ring (bicyclic) bond motifs is 1. The van der Waals surface area contributed by atoms with Gasteiger partial charge in [0.05, 0.1) is 6.61 Å². The summed E-state index contributed by atoms with van der Waals surface area (Å²) < 4.78 is 8.18. The minimum atomic E-state index is 0.312. The topological polar surface area (TPSA) is 21.3 Å². The Morgan fingerprint density at radius 2 is 2.24 bits per heavy atom. The van der Waals surface area contributed by atoms with Crippen LogP contribution in [0.1, 0.15) is 29.0 Å². The van der Waals surface area contributed by atoms with E-state index in [2.05, 4.69) is 67.7 Å². The van der Waals surface area contributed by atoms with Crippen LogP contribution in [0, 0.1) is 0 Å². The number of benzene rings is 1. The highest BCUT2D eigenvalue weighted by atomic mass is 79.9. The minimum Gasteiger partial charge on any atom is -0.493 e. The summed E-state index contributed by atoms with van der Waals surface area (Å²) >= 11 is 9.07. The lowest BCUT2D eigenvalue weighted by Gasteiger charge is -2.19. The summed E-state index contributed by atoms with van der Waals surface area (Å²) in [6.07, 6.45) is 1.95. The third-order valence-corrected chi connectivity index (χ3v) is 6.10. The van der Waals surface area contributed by atoms with Gasteiger partial charge in [-0.1, -0.05) is 22.9 Å². The number of likely N-dealkylation sites (N-methyl/N-ethyl adjacent to an activating group) is 1. The van der Waals surface area contributed by atoms with Crippen LogP contribution in [0.4, 0.5) is 0 Å². The highest BCUT2D eigenvalue weighted by Gasteiger charge is 2.22. The molecule has 1 unspecified atom stereocenters. The average molecular weight is 431 g/mol. The summed E-state index contributed by atoms with van der Waals surface area (Å²) in [4.78, 5) is 1.35. The first-order valence-corrected chi connectivity index (χ1v) is 9.56. The van der Waals surface area contributed by atoms with E-state index >= 15 is 0 Å². The zero-order chi connectivity index (χ0) is 14.8. The molecule has 1 aromatic heterocycles. The predicted molar refractivity (Wildman–Crippen MR) is 95.5 cm³/mol. The maximum atomic E-state index is 5.85. The number of halogens is 2. The molecule has 0 spiro atoms. The fourth-order valence-corrected chi connectivity index (χ4v) is 5.05. The molecule has 1 N–H and O–H groups in total. The van der Waals surface area contributed by atoms with Crippen molar-refractivity contribution in [3.8, 4) is 5.75 Å². The fourth-order valence-electron chi connectivity index (χ4n) is 2.78. The van der Waals surface area contributed by atoms with Crippen molar-refractivity contribution in [3.63, 3.8) is 0 Å². The van der Waals surface area contributed by atoms with Gasteiger partial charge >= 0.3 is 0 Å². The highest BCUT2D eigenvalue weighted by Crippen LogP contribution is 2.37. The third kappa shape index (κ3) is 3.36. The third-order valence-electron chi connectivity index (χ3n) is 3.66. The standard InChI is InChI=1S/C16H17Br2NOS/c1-2-19-14(16-13(18)4-6-21-16)9-11-8-12(17)7-10-3-5-20-15(10)11/h4,6-8,14,19H,2-3,5,9H2,1H3. The summed E-state index contributed by atoms with van der Waals surface area (Å²) in [7, 11) is 0. The van der Waals surface area contributed by atoms with Crippen LogP contribution in [0.2, 0.25) is 0 Å². The van der Waals surface area contributed by atoms with Crippen molar-refractivity contribution in [2.75, 3.05) is 13.2 Å². The lowest BCUT2D eigenvalue weighted by atomic mass is 10.0. The average Bonchev–Trinajstić information content (AvgIpc) is 3.06. The zero-order valence-electron chi connectivity index (χ0n) is 11.8. The van der Waals surface area contributed by atoms with Crippen LogP contribution in [0.5, 0.6) is 5.75 Å². The van der Waals surface area contributed by atoms with Gasteiger partial charge in [-0.05, 0) is 63.6 Å². The van der Waals surface area contributed by atoms with Gasteiger partial charge in [0, 0.05) is 26.3 Å². The largest absolute Gasteiger partial charge is 0.493 e. The molecule has 0 bridgehead atoms. The second-order valence-corrected chi connectivity index (χ2v) is 7.82. The van der Waals surface area contributed by atoms with Gasteiger partial charge in [-0.2, -0.15) is 0 Å². The monoisotopic (exact) mass is 429 g/mol. The summed E-state index contributed by atoms with van der Waals surface area (Å²) in [5, 5.41) is 5.73. The molecule has 1 atom stereocenters. The van der Waals surface area contributed by atoms with Crippen molar-refractivity contribution < 1.29 is 4.74 Å². The first kappa shape index (κ1) is 15.5. The van der Waals surface area contributed by atoms with Crippen molar-refractivity contribution >= 4 is 43.2 Å². The maximum absolute atomic E-state index is 5.85. The van der Waals surface area contributed by atoms with Gasteiger partial charge in [0.2, 0.25) is 0 Å². The molecule has 112 valence electrons. The van der Waals surface area contributed by atoms with Gasteiger partial charge in [0.15, 0.2) is 0 Å². The number of hydrogen-bond acceptors (Lipinski definition) is 3. The lowest BCUT2D eigenvalue weighted by molar-refractivity contribution is 0.351. The van der Waals surface area contributed by atoms with E-state index in [1.54, 1.807) is 11.3 Å². The van der Waals surface area contributed by atoms with Crippen LogP contribution in [0.15, 0.2) is 32.5 Å². The number of ether oxygens (including phenoxy) is 1. The summed E-state index contributed by atoms with van der Waals surface area (Å²) in [6, 6.07) is 6.80. The Labute approximate surface area is 146 Å². The Bertz CT molecular complexity index is 641. The van der Waals surface area contributed by atoms with Gasteiger partial charge in [-0.3, -0.25) is 0 Å². The SMILES string of the molecule is CCNC(Cc1cc(Br)cc2c1OCC2)c1sccc1Br. The molecule has 0 aliphatic carbocycles. The molecule has 1 aliphatic rings. The van der Waals surface area contributed by atoms with Gasteiger partial charge in [0.1, 0.15) is 5.75 Å². The van der Waals surface area contributed by atoms with Crippen LogP contribution >= 0.6 is 43.2 Å². The van der Waals surface area contributed by atoms with E-state index in [0.29, 0.717) is 6.04 Å². The summed E-state index contributed by atoms with van der Waals surface area (Å²) in [5.74, 6) is 1.09. The van der Waals surface area contributed by atoms with E-state index in [1.807, 2.05) is 0 Å². The van der Waals surface area contributed by atoms with Crippen molar-refractivity contribution in [2.24, 2.45) is 0 Å². The van der Waals surface area contributed by atoms with Crippen LogP contribution in [0.25, 0.3) is 0 Å². The molecule has 1 aliphatic heterocycles. The first-order chi connectivity index (χ1) is 10.2. The quantitative estimate of drug-likeness (QED) is 0.712. The molecule has 21 heavy (non-hydrogen) atoms. The number of rotatable bonds is 5. The molecule has 1 aromatic carbocycles. The molecule has 3 rings (SSSR count). The Kier molecular flexibility index (Phi) is 5.04. The van der Waals surface area contributed by atoms with Crippen LogP contribution in [0.3, 0.4) is 0 Å². The molecule has 5 heteroatoms. The first-order valence-electron chi connectivity index (χ1n) is 7.09. The maximum Gasteiger partial charge on any atom is 0.125 e. The molecule has 0 fully saturated rings.